The van der Waals surface area contributed by atoms with Gasteiger partial charge in [-0.2, -0.15) is 0 Å². The summed E-state index contributed by atoms with van der Waals surface area (Å²) in [6.45, 7) is 12.8. The van der Waals surface area contributed by atoms with Crippen molar-refractivity contribution in [3.8, 4) is 0 Å². The fraction of sp³-hybridized carbons (Fsp3) is 0.655. The monoisotopic (exact) mass is 540 g/mol. The number of carbonyl (C=O) groups excluding carboxylic acids is 4. The summed E-state index contributed by atoms with van der Waals surface area (Å²) >= 11 is 0. The van der Waals surface area contributed by atoms with Crippen LogP contribution in [0.25, 0.3) is 0 Å². The molecule has 0 spiro atoms. The molecular weight excluding hydrogens is 496 g/mol. The molecule has 3 aliphatic heterocycles. The molecule has 0 bridgehead atoms. The van der Waals surface area contributed by atoms with Crippen LogP contribution < -0.4 is 15.5 Å². The maximum atomic E-state index is 13.2. The third-order valence-electron chi connectivity index (χ3n) is 8.34. The summed E-state index contributed by atoms with van der Waals surface area (Å²) in [6.07, 6.45) is 1.63. The molecule has 10 heteroatoms. The van der Waals surface area contributed by atoms with E-state index in [1.807, 2.05) is 31.2 Å². The van der Waals surface area contributed by atoms with E-state index in [0.717, 1.165) is 45.0 Å². The second-order valence-electron chi connectivity index (χ2n) is 11.0. The molecule has 3 heterocycles. The number of hydrogen-bond acceptors (Lipinski definition) is 7. The van der Waals surface area contributed by atoms with Gasteiger partial charge in [0, 0.05) is 70.0 Å². The van der Waals surface area contributed by atoms with Crippen molar-refractivity contribution in [1.82, 2.24) is 25.3 Å². The molecule has 3 amide bonds. The largest absolute Gasteiger partial charge is 0.372 e. The zero-order valence-electron chi connectivity index (χ0n) is 23.7. The highest BCUT2D eigenvalue weighted by atomic mass is 16.2. The Labute approximate surface area is 232 Å². The summed E-state index contributed by atoms with van der Waals surface area (Å²) in [6, 6.07) is 6.90. The number of anilines is 1. The average molecular weight is 541 g/mol. The van der Waals surface area contributed by atoms with Gasteiger partial charge in [0.05, 0.1) is 19.1 Å². The van der Waals surface area contributed by atoms with Crippen LogP contribution in [0.1, 0.15) is 50.4 Å². The van der Waals surface area contributed by atoms with Gasteiger partial charge in [-0.3, -0.25) is 24.1 Å². The number of rotatable bonds is 11. The quantitative estimate of drug-likeness (QED) is 0.431. The normalized spacial score (nSPS) is 22.1. The van der Waals surface area contributed by atoms with Gasteiger partial charge in [0.15, 0.2) is 5.78 Å². The molecule has 214 valence electrons. The van der Waals surface area contributed by atoms with E-state index in [1.165, 1.54) is 0 Å². The predicted molar refractivity (Wildman–Crippen MR) is 151 cm³/mol. The highest BCUT2D eigenvalue weighted by Crippen LogP contribution is 2.31. The lowest BCUT2D eigenvalue weighted by atomic mass is 10.0. The fourth-order valence-corrected chi connectivity index (χ4v) is 6.04. The van der Waals surface area contributed by atoms with Crippen LogP contribution in [0.5, 0.6) is 0 Å². The number of benzene rings is 1. The number of piperazine rings is 1. The van der Waals surface area contributed by atoms with Crippen LogP contribution in [0.4, 0.5) is 5.69 Å². The second-order valence-corrected chi connectivity index (χ2v) is 11.0. The first-order chi connectivity index (χ1) is 18.8. The van der Waals surface area contributed by atoms with Crippen LogP contribution in [0, 0.1) is 5.92 Å². The first-order valence-electron chi connectivity index (χ1n) is 14.5. The van der Waals surface area contributed by atoms with Crippen molar-refractivity contribution >= 4 is 29.2 Å². The van der Waals surface area contributed by atoms with E-state index in [0.29, 0.717) is 44.5 Å². The molecule has 39 heavy (non-hydrogen) atoms. The van der Waals surface area contributed by atoms with Crippen LogP contribution in [0.15, 0.2) is 24.3 Å². The summed E-state index contributed by atoms with van der Waals surface area (Å²) < 4.78 is 0. The van der Waals surface area contributed by atoms with Crippen molar-refractivity contribution < 1.29 is 19.2 Å². The molecule has 1 aromatic rings. The molecule has 4 rings (SSSR count). The van der Waals surface area contributed by atoms with Gasteiger partial charge in [-0.05, 0) is 56.9 Å². The van der Waals surface area contributed by atoms with E-state index in [9.17, 15) is 19.2 Å². The minimum absolute atomic E-state index is 0.0150. The number of amides is 3. The maximum absolute atomic E-state index is 13.2. The van der Waals surface area contributed by atoms with Crippen LogP contribution >= 0.6 is 0 Å². The molecule has 0 aromatic heterocycles. The molecule has 3 unspecified atom stereocenters. The third-order valence-corrected chi connectivity index (χ3v) is 8.34. The zero-order valence-corrected chi connectivity index (χ0v) is 23.7. The summed E-state index contributed by atoms with van der Waals surface area (Å²) in [4.78, 5) is 59.3. The third kappa shape index (κ3) is 6.97. The van der Waals surface area contributed by atoms with Gasteiger partial charge in [-0.15, -0.1) is 0 Å². The highest BCUT2D eigenvalue weighted by molar-refractivity contribution is 5.98. The van der Waals surface area contributed by atoms with Crippen molar-refractivity contribution in [1.29, 1.82) is 0 Å². The number of fused-ring (bicyclic) bond motifs is 1. The molecule has 1 aromatic carbocycles. The van der Waals surface area contributed by atoms with Crippen LogP contribution in [0.3, 0.4) is 0 Å². The Bertz CT molecular complexity index is 1020. The first kappa shape index (κ1) is 29.0. The van der Waals surface area contributed by atoms with Crippen molar-refractivity contribution in [3.63, 3.8) is 0 Å². The minimum atomic E-state index is -0.518. The highest BCUT2D eigenvalue weighted by Gasteiger charge is 2.51. The van der Waals surface area contributed by atoms with Gasteiger partial charge in [0.1, 0.15) is 6.04 Å². The van der Waals surface area contributed by atoms with E-state index in [1.54, 1.807) is 9.80 Å². The molecule has 0 aliphatic carbocycles. The number of Topliss-reactive ketones (excluding diaryl/α,β-unsaturated/α-hetero) is 1. The molecule has 0 radical (unpaired) electrons. The lowest BCUT2D eigenvalue weighted by molar-refractivity contribution is -0.137. The van der Waals surface area contributed by atoms with Crippen molar-refractivity contribution in [2.75, 3.05) is 70.3 Å². The van der Waals surface area contributed by atoms with Crippen LogP contribution in [-0.2, 0) is 14.4 Å². The number of nitrogens with one attached hydrogen (secondary N) is 2. The van der Waals surface area contributed by atoms with Gasteiger partial charge in [0.25, 0.3) is 5.91 Å². The SMILES string of the molecule is CCN(CC)c1ccc(C(=O)NCCC(C)CC(=O)N2CCC3C2C(=O)CN3C(=O)CN2CCNCC2)cc1. The molecule has 3 aliphatic rings. The van der Waals surface area contributed by atoms with Gasteiger partial charge in [0.2, 0.25) is 11.8 Å². The Morgan fingerprint density at radius 1 is 1.03 bits per heavy atom. The van der Waals surface area contributed by atoms with Crippen molar-refractivity contribution in [2.45, 2.75) is 52.1 Å². The van der Waals surface area contributed by atoms with E-state index >= 15 is 0 Å². The van der Waals surface area contributed by atoms with Crippen molar-refractivity contribution in [2.24, 2.45) is 5.92 Å². The van der Waals surface area contributed by atoms with Crippen LogP contribution in [-0.4, -0.2) is 116 Å². The topological polar surface area (TPSA) is 105 Å². The molecular formula is C29H44N6O4. The van der Waals surface area contributed by atoms with E-state index in [-0.39, 0.29) is 42.0 Å². The van der Waals surface area contributed by atoms with Gasteiger partial charge >= 0.3 is 0 Å². The summed E-state index contributed by atoms with van der Waals surface area (Å²) in [5.74, 6) is -0.156. The Balaban J connectivity index is 1.21. The Morgan fingerprint density at radius 3 is 2.38 bits per heavy atom. The first-order valence-corrected chi connectivity index (χ1v) is 14.5. The molecule has 2 N–H and O–H groups in total. The number of nitrogens with zero attached hydrogens (tertiary/aromatic N) is 4. The van der Waals surface area contributed by atoms with E-state index in [2.05, 4.69) is 34.3 Å². The van der Waals surface area contributed by atoms with Gasteiger partial charge in [-0.1, -0.05) is 6.92 Å². The fourth-order valence-electron chi connectivity index (χ4n) is 6.04. The van der Waals surface area contributed by atoms with Gasteiger partial charge in [-0.25, -0.2) is 0 Å². The van der Waals surface area contributed by atoms with E-state index < -0.39 is 6.04 Å². The Morgan fingerprint density at radius 2 is 1.72 bits per heavy atom. The molecule has 0 saturated carbocycles. The summed E-state index contributed by atoms with van der Waals surface area (Å²) in [5, 5.41) is 6.24. The smallest absolute Gasteiger partial charge is 0.251 e. The molecule has 3 atom stereocenters. The predicted octanol–water partition coefficient (Wildman–Crippen LogP) is 0.965. The lowest BCUT2D eigenvalue weighted by Gasteiger charge is -2.30. The minimum Gasteiger partial charge on any atom is -0.372 e. The summed E-state index contributed by atoms with van der Waals surface area (Å²) in [7, 11) is 0. The summed E-state index contributed by atoms with van der Waals surface area (Å²) in [5.41, 5.74) is 1.72. The molecule has 10 nitrogen and oxygen atoms in total. The zero-order chi connectivity index (χ0) is 27.9. The van der Waals surface area contributed by atoms with E-state index in [4.69, 9.17) is 0 Å². The number of hydrogen-bond donors (Lipinski definition) is 2. The maximum Gasteiger partial charge on any atom is 0.251 e. The standard InChI is InChI=1S/C29H44N6O4/c1-4-33(5-2)23-8-6-22(7-9-23)29(39)31-12-10-21(3)18-26(37)34-15-11-24-28(34)25(36)19-35(24)27(38)20-32-16-13-30-14-17-32/h6-9,21,24,28,30H,4-5,10-20H2,1-3H3,(H,31,39). The second kappa shape index (κ2) is 13.4. The molecule has 3 fully saturated rings. The van der Waals surface area contributed by atoms with Crippen LogP contribution in [0.2, 0.25) is 0 Å². The lowest BCUT2D eigenvalue weighted by Crippen LogP contribution is -2.50. The molecule has 3 saturated heterocycles. The Hall–Kier alpha value is -2.98. The van der Waals surface area contributed by atoms with Crippen molar-refractivity contribution in [3.05, 3.63) is 29.8 Å². The number of carbonyl (C=O) groups is 4. The number of ketones is 1. The Kier molecular flexibility index (Phi) is 9.96. The average Bonchev–Trinajstić information content (AvgIpc) is 3.51. The van der Waals surface area contributed by atoms with Gasteiger partial charge < -0.3 is 25.3 Å². The number of likely N-dealkylation sites (tertiary alicyclic amines) is 2.